The molecule has 0 bridgehead atoms. The number of anilines is 1. The molecule has 0 aliphatic carbocycles. The zero-order valence-corrected chi connectivity index (χ0v) is 21.4. The average Bonchev–Trinajstić information content (AvgIpc) is 2.84. The maximum atomic E-state index is 11.6. The van der Waals surface area contributed by atoms with Gasteiger partial charge in [0.1, 0.15) is 0 Å². The minimum Gasteiger partial charge on any atom is -0.366 e. The Balaban J connectivity index is 1.63. The fraction of sp³-hybridized carbons (Fsp3) is 0.286. The van der Waals surface area contributed by atoms with E-state index in [1.807, 2.05) is 36.4 Å². The van der Waals surface area contributed by atoms with Gasteiger partial charge in [0.05, 0.1) is 28.4 Å². The van der Waals surface area contributed by atoms with Gasteiger partial charge in [0.15, 0.2) is 0 Å². The molecule has 1 aliphatic rings. The third kappa shape index (κ3) is 5.62. The van der Waals surface area contributed by atoms with Gasteiger partial charge in [-0.25, -0.2) is 0 Å². The van der Waals surface area contributed by atoms with Gasteiger partial charge < -0.3 is 10.6 Å². The highest BCUT2D eigenvalue weighted by atomic mass is 35.5. The van der Waals surface area contributed by atoms with Crippen LogP contribution >= 0.6 is 23.2 Å². The number of piperazine rings is 1. The van der Waals surface area contributed by atoms with E-state index < -0.39 is 5.91 Å². The Labute approximate surface area is 216 Å². The van der Waals surface area contributed by atoms with Crippen molar-refractivity contribution in [3.05, 3.63) is 99.0 Å². The Bertz CT molecular complexity index is 1270. The van der Waals surface area contributed by atoms with Crippen LogP contribution in [0.2, 0.25) is 10.0 Å². The number of nitrogens with zero attached hydrogens (tertiary/aromatic N) is 3. The summed E-state index contributed by atoms with van der Waals surface area (Å²) in [5.74, 6) is -0.500. The molecule has 1 amide bonds. The van der Waals surface area contributed by atoms with Gasteiger partial charge in [-0.3, -0.25) is 9.69 Å². The highest BCUT2D eigenvalue weighted by molar-refractivity contribution is 6.33. The second kappa shape index (κ2) is 10.3. The summed E-state index contributed by atoms with van der Waals surface area (Å²) in [7, 11) is 0. The van der Waals surface area contributed by atoms with E-state index in [2.05, 4.69) is 47.9 Å². The first-order chi connectivity index (χ1) is 16.7. The van der Waals surface area contributed by atoms with Gasteiger partial charge in [0.2, 0.25) is 5.91 Å². The number of hydrogen-bond donors (Lipinski definition) is 1. The van der Waals surface area contributed by atoms with Crippen molar-refractivity contribution in [1.29, 1.82) is 5.26 Å². The molecule has 3 aromatic rings. The van der Waals surface area contributed by atoms with Crippen LogP contribution in [0.5, 0.6) is 0 Å². The van der Waals surface area contributed by atoms with Gasteiger partial charge in [-0.2, -0.15) is 5.26 Å². The van der Waals surface area contributed by atoms with Crippen molar-refractivity contribution in [2.45, 2.75) is 25.3 Å². The standard InChI is InChI=1S/C28H28Cl2N4O/c1-28(2,22-5-3-4-19(14-22)16-31)18-33-12-13-34(25-11-8-21(27(32)35)15-24(25)30)26(17-33)20-6-9-23(29)10-7-20/h3-11,14-15,26H,12-13,17-18H2,1-2H3,(H2,32,35)/t26-/m0/s1. The lowest BCUT2D eigenvalue weighted by molar-refractivity contribution is 0.100. The lowest BCUT2D eigenvalue weighted by atomic mass is 9.83. The van der Waals surface area contributed by atoms with Crippen molar-refractivity contribution in [3.8, 4) is 6.07 Å². The fourth-order valence-electron chi connectivity index (χ4n) is 4.79. The van der Waals surface area contributed by atoms with Crippen LogP contribution in [0.3, 0.4) is 0 Å². The van der Waals surface area contributed by atoms with Crippen molar-refractivity contribution in [2.75, 3.05) is 31.1 Å². The summed E-state index contributed by atoms with van der Waals surface area (Å²) in [6, 6.07) is 23.3. The minimum atomic E-state index is -0.500. The summed E-state index contributed by atoms with van der Waals surface area (Å²) in [5, 5.41) is 10.5. The molecule has 0 aromatic heterocycles. The molecule has 1 atom stereocenters. The van der Waals surface area contributed by atoms with Crippen LogP contribution in [0.25, 0.3) is 0 Å². The van der Waals surface area contributed by atoms with Gasteiger partial charge in [-0.1, -0.05) is 61.3 Å². The maximum absolute atomic E-state index is 11.6. The number of nitrogens with two attached hydrogens (primary N) is 1. The summed E-state index contributed by atoms with van der Waals surface area (Å²) in [6.45, 7) is 7.67. The Morgan fingerprint density at radius 1 is 1.09 bits per heavy atom. The number of carbonyl (C=O) groups is 1. The van der Waals surface area contributed by atoms with Crippen LogP contribution in [-0.4, -0.2) is 37.0 Å². The smallest absolute Gasteiger partial charge is 0.248 e. The molecule has 0 radical (unpaired) electrons. The van der Waals surface area contributed by atoms with E-state index in [0.717, 1.165) is 43.0 Å². The molecule has 1 aliphatic heterocycles. The summed E-state index contributed by atoms with van der Waals surface area (Å²) < 4.78 is 0. The Morgan fingerprint density at radius 2 is 1.83 bits per heavy atom. The number of carbonyl (C=O) groups excluding carboxylic acids is 1. The maximum Gasteiger partial charge on any atom is 0.248 e. The SMILES string of the molecule is CC(C)(CN1CCN(c2ccc(C(N)=O)cc2Cl)[C@H](c2ccc(Cl)cc2)C1)c1cccc(C#N)c1. The summed E-state index contributed by atoms with van der Waals surface area (Å²) in [6.07, 6.45) is 0. The number of rotatable bonds is 6. The van der Waals surface area contributed by atoms with Crippen molar-refractivity contribution in [3.63, 3.8) is 0 Å². The quantitative estimate of drug-likeness (QED) is 0.458. The van der Waals surface area contributed by atoms with Gasteiger partial charge in [0.25, 0.3) is 0 Å². The van der Waals surface area contributed by atoms with Crippen molar-refractivity contribution in [2.24, 2.45) is 5.73 Å². The number of nitriles is 1. The number of primary amides is 1. The van der Waals surface area contributed by atoms with Crippen LogP contribution in [0.1, 0.15) is 46.9 Å². The van der Waals surface area contributed by atoms with E-state index >= 15 is 0 Å². The average molecular weight is 507 g/mol. The number of hydrogen-bond acceptors (Lipinski definition) is 4. The molecule has 180 valence electrons. The van der Waals surface area contributed by atoms with Crippen molar-refractivity contribution < 1.29 is 4.79 Å². The summed E-state index contributed by atoms with van der Waals surface area (Å²) in [4.78, 5) is 16.4. The molecule has 4 rings (SSSR count). The second-order valence-electron chi connectivity index (χ2n) is 9.60. The third-order valence-corrected chi connectivity index (χ3v) is 7.21. The molecule has 3 aromatic carbocycles. The Hall–Kier alpha value is -3.04. The molecule has 0 spiro atoms. The molecule has 1 saturated heterocycles. The molecule has 0 saturated carbocycles. The van der Waals surface area contributed by atoms with E-state index in [1.165, 1.54) is 0 Å². The van der Waals surface area contributed by atoms with Crippen LogP contribution in [0, 0.1) is 11.3 Å². The highest BCUT2D eigenvalue weighted by Crippen LogP contribution is 2.37. The van der Waals surface area contributed by atoms with Crippen LogP contribution < -0.4 is 10.6 Å². The normalized spacial score (nSPS) is 16.7. The summed E-state index contributed by atoms with van der Waals surface area (Å²) in [5.41, 5.74) is 9.52. The number of amides is 1. The number of benzene rings is 3. The predicted octanol–water partition coefficient (Wildman–Crippen LogP) is 5.81. The van der Waals surface area contributed by atoms with Gasteiger partial charge >= 0.3 is 0 Å². The van der Waals surface area contributed by atoms with E-state index in [9.17, 15) is 10.1 Å². The molecule has 5 nitrogen and oxygen atoms in total. The van der Waals surface area contributed by atoms with E-state index in [4.69, 9.17) is 28.9 Å². The first kappa shape index (κ1) is 25.1. The number of halogens is 2. The monoisotopic (exact) mass is 506 g/mol. The molecular weight excluding hydrogens is 479 g/mol. The van der Waals surface area contributed by atoms with Crippen molar-refractivity contribution >= 4 is 34.8 Å². The Kier molecular flexibility index (Phi) is 7.37. The van der Waals surface area contributed by atoms with Crippen LogP contribution in [0.4, 0.5) is 5.69 Å². The molecule has 2 N–H and O–H groups in total. The molecule has 1 heterocycles. The Morgan fingerprint density at radius 3 is 2.49 bits per heavy atom. The molecular formula is C28H28Cl2N4O. The lowest BCUT2D eigenvalue weighted by Crippen LogP contribution is -2.51. The highest BCUT2D eigenvalue weighted by Gasteiger charge is 2.33. The first-order valence-corrected chi connectivity index (χ1v) is 12.3. The minimum absolute atomic E-state index is 0.0409. The first-order valence-electron chi connectivity index (χ1n) is 11.5. The fourth-order valence-corrected chi connectivity index (χ4v) is 5.21. The summed E-state index contributed by atoms with van der Waals surface area (Å²) >= 11 is 12.8. The van der Waals surface area contributed by atoms with Crippen LogP contribution in [-0.2, 0) is 5.41 Å². The van der Waals surface area contributed by atoms with Crippen molar-refractivity contribution in [1.82, 2.24) is 4.90 Å². The molecule has 35 heavy (non-hydrogen) atoms. The van der Waals surface area contributed by atoms with Gasteiger partial charge in [-0.05, 0) is 53.6 Å². The van der Waals surface area contributed by atoms with E-state index in [1.54, 1.807) is 12.1 Å². The van der Waals surface area contributed by atoms with E-state index in [0.29, 0.717) is 21.2 Å². The third-order valence-electron chi connectivity index (χ3n) is 6.65. The largest absolute Gasteiger partial charge is 0.366 e. The molecule has 1 fully saturated rings. The zero-order chi connectivity index (χ0) is 25.2. The lowest BCUT2D eigenvalue weighted by Gasteiger charge is -2.45. The van der Waals surface area contributed by atoms with E-state index in [-0.39, 0.29) is 11.5 Å². The van der Waals surface area contributed by atoms with Gasteiger partial charge in [0, 0.05) is 42.2 Å². The predicted molar refractivity (Wildman–Crippen MR) is 142 cm³/mol. The topological polar surface area (TPSA) is 73.4 Å². The second-order valence-corrected chi connectivity index (χ2v) is 10.4. The molecule has 7 heteroatoms. The van der Waals surface area contributed by atoms with Gasteiger partial charge in [-0.15, -0.1) is 0 Å². The zero-order valence-electron chi connectivity index (χ0n) is 19.8. The molecule has 0 unspecified atom stereocenters. The van der Waals surface area contributed by atoms with Crippen LogP contribution in [0.15, 0.2) is 66.7 Å².